The minimum absolute atomic E-state index is 0.0930. The Morgan fingerprint density at radius 3 is 2.34 bits per heavy atom. The molecular weight excluding hydrogens is 518 g/mol. The van der Waals surface area contributed by atoms with E-state index < -0.39 is 27.8 Å². The number of imidazole rings is 1. The van der Waals surface area contributed by atoms with Crippen molar-refractivity contribution >= 4 is 33.0 Å². The zero-order valence-electron chi connectivity index (χ0n) is 20.6. The first-order chi connectivity index (χ1) is 18.2. The average molecular weight is 547 g/mol. The third kappa shape index (κ3) is 4.97. The molecule has 2 aromatic heterocycles. The molecule has 202 valence electrons. The van der Waals surface area contributed by atoms with E-state index in [2.05, 4.69) is 19.9 Å². The molecular formula is C25H28F2N6O4S. The number of nitrogens with zero attached hydrogens (tertiary/aromatic N) is 4. The molecule has 4 heterocycles. The second-order valence-electron chi connectivity index (χ2n) is 10.1. The van der Waals surface area contributed by atoms with Gasteiger partial charge in [0, 0.05) is 43.0 Å². The van der Waals surface area contributed by atoms with Crippen LogP contribution < -0.4 is 9.62 Å². The molecule has 13 heteroatoms. The van der Waals surface area contributed by atoms with Crippen LogP contribution in [0, 0.1) is 11.6 Å². The average Bonchev–Trinajstić information content (AvgIpc) is 3.43. The summed E-state index contributed by atoms with van der Waals surface area (Å²) in [5.41, 5.74) is 1.50. The highest BCUT2D eigenvalue weighted by atomic mass is 32.2. The summed E-state index contributed by atoms with van der Waals surface area (Å²) in [4.78, 5) is 25.7. The molecule has 1 aromatic carbocycles. The van der Waals surface area contributed by atoms with Crippen LogP contribution in [0.2, 0.25) is 0 Å². The quantitative estimate of drug-likeness (QED) is 0.505. The molecule has 38 heavy (non-hydrogen) atoms. The van der Waals surface area contributed by atoms with Gasteiger partial charge in [-0.3, -0.25) is 4.79 Å². The molecule has 3 aliphatic rings. The van der Waals surface area contributed by atoms with Gasteiger partial charge in [-0.2, -0.15) is 12.7 Å². The largest absolute Gasteiger partial charge is 0.375 e. The summed E-state index contributed by atoms with van der Waals surface area (Å²) >= 11 is 0. The molecule has 1 saturated carbocycles. The highest BCUT2D eigenvalue weighted by Crippen LogP contribution is 2.31. The molecule has 3 aromatic rings. The Balaban J connectivity index is 0.999. The molecule has 1 amide bonds. The van der Waals surface area contributed by atoms with Crippen molar-refractivity contribution in [3.8, 4) is 11.4 Å². The van der Waals surface area contributed by atoms with E-state index in [9.17, 15) is 22.0 Å². The van der Waals surface area contributed by atoms with Crippen molar-refractivity contribution in [2.75, 3.05) is 24.5 Å². The van der Waals surface area contributed by atoms with Gasteiger partial charge in [-0.1, -0.05) is 0 Å². The molecule has 2 aliphatic heterocycles. The van der Waals surface area contributed by atoms with E-state index in [1.165, 1.54) is 4.31 Å². The van der Waals surface area contributed by atoms with Gasteiger partial charge in [-0.25, -0.2) is 23.5 Å². The van der Waals surface area contributed by atoms with E-state index in [0.717, 1.165) is 62.3 Å². The number of amides is 1. The smallest absolute Gasteiger partial charge is 0.304 e. The zero-order valence-corrected chi connectivity index (χ0v) is 21.4. The van der Waals surface area contributed by atoms with Crippen LogP contribution in [0.1, 0.15) is 38.5 Å². The van der Waals surface area contributed by atoms with E-state index in [0.29, 0.717) is 29.7 Å². The van der Waals surface area contributed by atoms with Gasteiger partial charge in [-0.05, 0) is 50.7 Å². The van der Waals surface area contributed by atoms with Gasteiger partial charge in [0.15, 0.2) is 11.6 Å². The molecule has 6 rings (SSSR count). The fourth-order valence-corrected chi connectivity index (χ4v) is 6.96. The van der Waals surface area contributed by atoms with Gasteiger partial charge in [0.1, 0.15) is 11.6 Å². The standard InChI is InChI=1S/C25H28F2N6O4S/c26-19-11-21-22(12-20(19)27)30-25(29-21)15-1-6-23(28-13-15)32-9-7-18(8-10-32)37-17-4-2-16(3-5-17)33-14-24(34)31-38(33,35)36/h1,6,11-13,16-18H,2-5,7-10,14H2,(H,29,30)(H,31,34)/t16-,17+. The molecule has 0 spiro atoms. The van der Waals surface area contributed by atoms with Crippen LogP contribution in [0.15, 0.2) is 30.5 Å². The second-order valence-corrected chi connectivity index (χ2v) is 11.7. The molecule has 0 bridgehead atoms. The first-order valence-electron chi connectivity index (χ1n) is 12.8. The lowest BCUT2D eigenvalue weighted by Gasteiger charge is -2.37. The van der Waals surface area contributed by atoms with Crippen LogP contribution in [-0.2, 0) is 19.7 Å². The predicted molar refractivity (Wildman–Crippen MR) is 135 cm³/mol. The van der Waals surface area contributed by atoms with E-state index in [1.807, 2.05) is 16.9 Å². The zero-order chi connectivity index (χ0) is 26.4. The highest BCUT2D eigenvalue weighted by molar-refractivity contribution is 7.88. The first kappa shape index (κ1) is 25.1. The fraction of sp³-hybridized carbons (Fsp3) is 0.480. The summed E-state index contributed by atoms with van der Waals surface area (Å²) in [6.45, 7) is 1.51. The number of piperidine rings is 1. The molecule has 2 N–H and O–H groups in total. The molecule has 10 nitrogen and oxygen atoms in total. The summed E-state index contributed by atoms with van der Waals surface area (Å²) in [7, 11) is -3.69. The van der Waals surface area contributed by atoms with Crippen molar-refractivity contribution < 1.29 is 26.7 Å². The minimum Gasteiger partial charge on any atom is -0.375 e. The van der Waals surface area contributed by atoms with E-state index in [-0.39, 0.29) is 24.8 Å². The van der Waals surface area contributed by atoms with Crippen LogP contribution >= 0.6 is 0 Å². The summed E-state index contributed by atoms with van der Waals surface area (Å²) in [6.07, 6.45) is 6.58. The number of pyridine rings is 1. The number of carbonyl (C=O) groups is 1. The lowest BCUT2D eigenvalue weighted by atomic mass is 9.92. The summed E-state index contributed by atoms with van der Waals surface area (Å²) < 4.78 is 60.9. The Morgan fingerprint density at radius 1 is 0.974 bits per heavy atom. The number of aromatic amines is 1. The maximum atomic E-state index is 13.5. The fourth-order valence-electron chi connectivity index (χ4n) is 5.60. The van der Waals surface area contributed by atoms with Gasteiger partial charge in [-0.15, -0.1) is 0 Å². The van der Waals surface area contributed by atoms with E-state index in [1.54, 1.807) is 6.20 Å². The van der Waals surface area contributed by atoms with Gasteiger partial charge in [0.25, 0.3) is 0 Å². The van der Waals surface area contributed by atoms with Crippen LogP contribution in [0.5, 0.6) is 0 Å². The normalized spacial score (nSPS) is 24.7. The highest BCUT2D eigenvalue weighted by Gasteiger charge is 2.40. The molecule has 0 radical (unpaired) electrons. The van der Waals surface area contributed by atoms with E-state index >= 15 is 0 Å². The predicted octanol–water partition coefficient (Wildman–Crippen LogP) is 2.88. The second kappa shape index (κ2) is 9.86. The third-order valence-electron chi connectivity index (χ3n) is 7.60. The topological polar surface area (TPSA) is 121 Å². The number of aromatic nitrogens is 3. The van der Waals surface area contributed by atoms with E-state index in [4.69, 9.17) is 4.74 Å². The van der Waals surface area contributed by atoms with Crippen molar-refractivity contribution in [1.82, 2.24) is 24.0 Å². The Kier molecular flexibility index (Phi) is 6.52. The maximum absolute atomic E-state index is 13.5. The molecule has 1 aliphatic carbocycles. The monoisotopic (exact) mass is 546 g/mol. The number of hydrogen-bond donors (Lipinski definition) is 2. The number of ether oxygens (including phenoxy) is 1. The summed E-state index contributed by atoms with van der Waals surface area (Å²) in [6, 6.07) is 5.81. The summed E-state index contributed by atoms with van der Waals surface area (Å²) in [5.74, 6) is -0.986. The Labute approximate surface area is 218 Å². The number of hydrogen-bond acceptors (Lipinski definition) is 7. The van der Waals surface area contributed by atoms with Crippen LogP contribution in [0.3, 0.4) is 0 Å². The van der Waals surface area contributed by atoms with Crippen molar-refractivity contribution in [2.45, 2.75) is 56.8 Å². The number of anilines is 1. The van der Waals surface area contributed by atoms with Crippen LogP contribution in [0.25, 0.3) is 22.4 Å². The Bertz CT molecular complexity index is 1410. The minimum atomic E-state index is -3.69. The van der Waals surface area contributed by atoms with Gasteiger partial charge >= 0.3 is 10.2 Å². The number of nitrogens with one attached hydrogen (secondary N) is 2. The number of H-pyrrole nitrogens is 1. The molecule has 0 atom stereocenters. The van der Waals surface area contributed by atoms with Crippen molar-refractivity contribution in [3.05, 3.63) is 42.1 Å². The van der Waals surface area contributed by atoms with Crippen LogP contribution in [-0.4, -0.2) is 71.5 Å². The van der Waals surface area contributed by atoms with Crippen molar-refractivity contribution in [3.63, 3.8) is 0 Å². The van der Waals surface area contributed by atoms with Crippen molar-refractivity contribution in [2.24, 2.45) is 0 Å². The third-order valence-corrected chi connectivity index (χ3v) is 9.13. The Hall–Kier alpha value is -3.16. The Morgan fingerprint density at radius 2 is 1.68 bits per heavy atom. The number of carbonyl (C=O) groups excluding carboxylic acids is 1. The van der Waals surface area contributed by atoms with Gasteiger partial charge in [0.05, 0.1) is 29.8 Å². The number of benzene rings is 1. The molecule has 2 saturated heterocycles. The van der Waals surface area contributed by atoms with Gasteiger partial charge in [0.2, 0.25) is 5.91 Å². The van der Waals surface area contributed by atoms with Crippen molar-refractivity contribution in [1.29, 1.82) is 0 Å². The summed E-state index contributed by atoms with van der Waals surface area (Å²) in [5, 5.41) is 0. The molecule has 3 fully saturated rings. The van der Waals surface area contributed by atoms with Gasteiger partial charge < -0.3 is 14.6 Å². The lowest BCUT2D eigenvalue weighted by molar-refractivity contribution is -0.118. The molecule has 0 unspecified atom stereocenters. The number of rotatable bonds is 5. The first-order valence-corrected chi connectivity index (χ1v) is 14.2. The maximum Gasteiger partial charge on any atom is 0.304 e. The number of halogens is 2. The number of fused-ring (bicyclic) bond motifs is 1. The lowest BCUT2D eigenvalue weighted by Crippen LogP contribution is -2.43. The SMILES string of the molecule is O=C1CN([C@H]2CC[C@@H](OC3CCN(c4ccc(-c5nc6cc(F)c(F)cc6[nH]5)cn4)CC3)CC2)S(=O)(=O)N1. The van der Waals surface area contributed by atoms with Crippen LogP contribution in [0.4, 0.5) is 14.6 Å².